The predicted octanol–water partition coefficient (Wildman–Crippen LogP) is 2.72. The molecule has 1 fully saturated rings. The highest BCUT2D eigenvalue weighted by Gasteiger charge is 2.20. The van der Waals surface area contributed by atoms with Gasteiger partial charge in [0.15, 0.2) is 0 Å². The molecule has 1 atom stereocenters. The van der Waals surface area contributed by atoms with Crippen LogP contribution in [0.1, 0.15) is 24.8 Å². The Labute approximate surface area is 138 Å². The first-order chi connectivity index (χ1) is 11.2. The van der Waals surface area contributed by atoms with E-state index in [0.717, 1.165) is 18.8 Å². The fourth-order valence-corrected chi connectivity index (χ4v) is 3.35. The minimum absolute atomic E-state index is 0.159. The molecule has 0 bridgehead atoms. The zero-order valence-corrected chi connectivity index (χ0v) is 13.8. The van der Waals surface area contributed by atoms with Crippen LogP contribution >= 0.6 is 0 Å². The average molecular weight is 313 g/mol. The molecule has 0 radical (unpaired) electrons. The number of halogens is 1. The summed E-state index contributed by atoms with van der Waals surface area (Å²) < 4.78 is 13.0. The van der Waals surface area contributed by atoms with Crippen LogP contribution in [0.3, 0.4) is 0 Å². The van der Waals surface area contributed by atoms with E-state index in [0.29, 0.717) is 5.92 Å². The number of nitrogens with one attached hydrogen (secondary N) is 1. The lowest BCUT2D eigenvalue weighted by Crippen LogP contribution is -3.14. The minimum Gasteiger partial charge on any atom is -0.360 e. The van der Waals surface area contributed by atoms with E-state index < -0.39 is 0 Å². The molecule has 0 aliphatic carbocycles. The van der Waals surface area contributed by atoms with Crippen LogP contribution in [0.15, 0.2) is 54.6 Å². The van der Waals surface area contributed by atoms with Gasteiger partial charge in [-0.15, -0.1) is 0 Å². The van der Waals surface area contributed by atoms with Crippen molar-refractivity contribution in [1.82, 2.24) is 0 Å². The van der Waals surface area contributed by atoms with Gasteiger partial charge in [0.1, 0.15) is 5.82 Å². The molecule has 1 aliphatic rings. The Morgan fingerprint density at radius 3 is 2.30 bits per heavy atom. The quantitative estimate of drug-likeness (QED) is 0.892. The summed E-state index contributed by atoms with van der Waals surface area (Å²) in [6.45, 7) is 8.00. The van der Waals surface area contributed by atoms with Crippen molar-refractivity contribution >= 4 is 5.69 Å². The summed E-state index contributed by atoms with van der Waals surface area (Å²) in [5.74, 6) is 0.465. The van der Waals surface area contributed by atoms with Crippen LogP contribution in [0.4, 0.5) is 10.1 Å². The van der Waals surface area contributed by atoms with E-state index in [9.17, 15) is 4.39 Å². The van der Waals surface area contributed by atoms with Gasteiger partial charge in [0.2, 0.25) is 0 Å². The molecule has 3 heteroatoms. The van der Waals surface area contributed by atoms with Crippen molar-refractivity contribution in [2.45, 2.75) is 19.3 Å². The number of anilines is 1. The van der Waals surface area contributed by atoms with Crippen molar-refractivity contribution in [3.8, 4) is 0 Å². The van der Waals surface area contributed by atoms with Gasteiger partial charge < -0.3 is 9.80 Å². The summed E-state index contributed by atoms with van der Waals surface area (Å²) in [5, 5.41) is 0. The highest BCUT2D eigenvalue weighted by Crippen LogP contribution is 2.17. The second-order valence-corrected chi connectivity index (χ2v) is 6.56. The smallest absolute Gasteiger partial charge is 0.123 e. The van der Waals surface area contributed by atoms with Crippen LogP contribution < -0.4 is 9.80 Å². The van der Waals surface area contributed by atoms with E-state index in [-0.39, 0.29) is 5.82 Å². The molecule has 2 aromatic carbocycles. The fourth-order valence-electron chi connectivity index (χ4n) is 3.35. The van der Waals surface area contributed by atoms with Crippen molar-refractivity contribution in [2.24, 2.45) is 0 Å². The van der Waals surface area contributed by atoms with Crippen molar-refractivity contribution in [2.75, 3.05) is 37.6 Å². The molecular formula is C20H26FN2+. The third kappa shape index (κ3) is 4.32. The summed E-state index contributed by atoms with van der Waals surface area (Å²) in [7, 11) is 0. The van der Waals surface area contributed by atoms with E-state index in [1.54, 1.807) is 17.0 Å². The standard InChI is InChI=1S/C20H25FN2/c1-17(18-5-3-2-4-6-18)11-12-22-13-15-23(16-14-22)20-9-7-19(21)8-10-20/h2-10,17H,11-16H2,1H3/p+1/t17-/m1/s1. The molecule has 1 N–H and O–H groups in total. The summed E-state index contributed by atoms with van der Waals surface area (Å²) in [5.41, 5.74) is 2.58. The molecule has 1 saturated heterocycles. The summed E-state index contributed by atoms with van der Waals surface area (Å²) in [6.07, 6.45) is 1.23. The van der Waals surface area contributed by atoms with Gasteiger partial charge in [0.25, 0.3) is 0 Å². The molecule has 1 aliphatic heterocycles. The molecule has 0 unspecified atom stereocenters. The van der Waals surface area contributed by atoms with Gasteiger partial charge in [-0.25, -0.2) is 4.39 Å². The lowest BCUT2D eigenvalue weighted by molar-refractivity contribution is -0.901. The second-order valence-electron chi connectivity index (χ2n) is 6.56. The Balaban J connectivity index is 1.45. The number of hydrogen-bond donors (Lipinski definition) is 1. The van der Waals surface area contributed by atoms with Crippen LogP contribution in [0.25, 0.3) is 0 Å². The first-order valence-electron chi connectivity index (χ1n) is 8.61. The van der Waals surface area contributed by atoms with Gasteiger partial charge in [-0.1, -0.05) is 37.3 Å². The minimum atomic E-state index is -0.159. The molecule has 2 nitrogen and oxygen atoms in total. The van der Waals surface area contributed by atoms with Crippen molar-refractivity contribution in [3.05, 3.63) is 66.0 Å². The van der Waals surface area contributed by atoms with Gasteiger partial charge in [0.05, 0.1) is 32.7 Å². The highest BCUT2D eigenvalue weighted by molar-refractivity contribution is 5.46. The molecule has 3 rings (SSSR count). The Morgan fingerprint density at radius 1 is 1.00 bits per heavy atom. The van der Waals surface area contributed by atoms with Crippen LogP contribution in [-0.4, -0.2) is 32.7 Å². The Hall–Kier alpha value is -1.87. The Bertz CT molecular complexity index is 589. The summed E-state index contributed by atoms with van der Waals surface area (Å²) in [6, 6.07) is 17.7. The predicted molar refractivity (Wildman–Crippen MR) is 93.7 cm³/mol. The number of quaternary nitrogens is 1. The van der Waals surface area contributed by atoms with Gasteiger partial charge in [-0.2, -0.15) is 0 Å². The summed E-state index contributed by atoms with van der Waals surface area (Å²) >= 11 is 0. The fraction of sp³-hybridized carbons (Fsp3) is 0.400. The van der Waals surface area contributed by atoms with E-state index in [4.69, 9.17) is 0 Å². The maximum Gasteiger partial charge on any atom is 0.123 e. The Morgan fingerprint density at radius 2 is 1.65 bits per heavy atom. The maximum absolute atomic E-state index is 13.0. The van der Waals surface area contributed by atoms with Crippen molar-refractivity contribution in [3.63, 3.8) is 0 Å². The SMILES string of the molecule is C[C@H](CC[NH+]1CCN(c2ccc(F)cc2)CC1)c1ccccc1. The van der Waals surface area contributed by atoms with Gasteiger partial charge in [0, 0.05) is 12.1 Å². The number of benzene rings is 2. The number of hydrogen-bond acceptors (Lipinski definition) is 1. The molecule has 0 aromatic heterocycles. The van der Waals surface area contributed by atoms with E-state index in [1.165, 1.54) is 31.6 Å². The lowest BCUT2D eigenvalue weighted by atomic mass is 9.97. The van der Waals surface area contributed by atoms with E-state index >= 15 is 0 Å². The average Bonchev–Trinajstić information content (AvgIpc) is 2.61. The zero-order valence-electron chi connectivity index (χ0n) is 13.8. The maximum atomic E-state index is 13.0. The topological polar surface area (TPSA) is 7.68 Å². The third-order valence-corrected chi connectivity index (χ3v) is 4.96. The molecule has 2 aromatic rings. The van der Waals surface area contributed by atoms with Crippen LogP contribution in [0.5, 0.6) is 0 Å². The van der Waals surface area contributed by atoms with Crippen LogP contribution in [-0.2, 0) is 0 Å². The van der Waals surface area contributed by atoms with Crippen LogP contribution in [0.2, 0.25) is 0 Å². The van der Waals surface area contributed by atoms with E-state index in [1.807, 2.05) is 12.1 Å². The van der Waals surface area contributed by atoms with Crippen LogP contribution in [0, 0.1) is 5.82 Å². The molecule has 23 heavy (non-hydrogen) atoms. The molecule has 1 heterocycles. The first kappa shape index (κ1) is 16.0. The normalized spacial score (nSPS) is 17.2. The van der Waals surface area contributed by atoms with Gasteiger partial charge >= 0.3 is 0 Å². The molecular weight excluding hydrogens is 287 g/mol. The number of piperazine rings is 1. The van der Waals surface area contributed by atoms with Gasteiger partial charge in [-0.05, 0) is 35.7 Å². The molecule has 122 valence electrons. The Kier molecular flexibility index (Phi) is 5.29. The van der Waals surface area contributed by atoms with Crippen molar-refractivity contribution in [1.29, 1.82) is 0 Å². The second kappa shape index (κ2) is 7.60. The summed E-state index contributed by atoms with van der Waals surface area (Å²) in [4.78, 5) is 4.05. The monoisotopic (exact) mass is 313 g/mol. The van der Waals surface area contributed by atoms with E-state index in [2.05, 4.69) is 42.2 Å². The number of rotatable bonds is 5. The van der Waals surface area contributed by atoms with Gasteiger partial charge in [-0.3, -0.25) is 0 Å². The highest BCUT2D eigenvalue weighted by atomic mass is 19.1. The number of nitrogens with zero attached hydrogens (tertiary/aromatic N) is 1. The first-order valence-corrected chi connectivity index (χ1v) is 8.61. The molecule has 0 saturated carbocycles. The molecule has 0 amide bonds. The third-order valence-electron chi connectivity index (χ3n) is 4.96. The van der Waals surface area contributed by atoms with Crippen molar-refractivity contribution < 1.29 is 9.29 Å². The zero-order chi connectivity index (χ0) is 16.1. The largest absolute Gasteiger partial charge is 0.360 e. The lowest BCUT2D eigenvalue weighted by Gasteiger charge is -2.34. The molecule has 0 spiro atoms.